The fraction of sp³-hybridized carbons (Fsp3) is 0.368. The lowest BCUT2D eigenvalue weighted by Crippen LogP contribution is -2.30. The van der Waals surface area contributed by atoms with Crippen LogP contribution < -0.4 is 15.8 Å². The van der Waals surface area contributed by atoms with Crippen molar-refractivity contribution in [1.29, 1.82) is 0 Å². The number of methoxy groups -OCH3 is 1. The number of para-hydroxylation sites is 1. The molecule has 25 heavy (non-hydrogen) atoms. The minimum atomic E-state index is 0. The Morgan fingerprint density at radius 1 is 1.20 bits per heavy atom. The molecule has 1 aromatic heterocycles. The number of nitrogens with zero attached hydrogens (tertiary/aromatic N) is 2. The number of hydrogen-bond acceptors (Lipinski definition) is 3. The molecule has 0 radical (unpaired) electrons. The summed E-state index contributed by atoms with van der Waals surface area (Å²) in [5, 5.41) is 3.05. The zero-order valence-corrected chi connectivity index (χ0v) is 16.8. The predicted octanol–water partition coefficient (Wildman–Crippen LogP) is 3.95. The lowest BCUT2D eigenvalue weighted by atomic mass is 9.78. The van der Waals surface area contributed by atoms with E-state index in [2.05, 4.69) is 27.4 Å². The number of pyridine rings is 1. The van der Waals surface area contributed by atoms with Gasteiger partial charge in [-0.25, -0.2) is 4.98 Å². The summed E-state index contributed by atoms with van der Waals surface area (Å²) in [7, 11) is 1.72. The van der Waals surface area contributed by atoms with Crippen LogP contribution in [0.3, 0.4) is 0 Å². The Morgan fingerprint density at radius 2 is 1.92 bits per heavy atom. The van der Waals surface area contributed by atoms with Crippen molar-refractivity contribution in [1.82, 2.24) is 4.98 Å². The molecular formula is C19H25IN4O. The van der Waals surface area contributed by atoms with E-state index >= 15 is 0 Å². The highest BCUT2D eigenvalue weighted by atomic mass is 127. The average molecular weight is 452 g/mol. The van der Waals surface area contributed by atoms with Crippen molar-refractivity contribution in [2.24, 2.45) is 10.7 Å². The summed E-state index contributed by atoms with van der Waals surface area (Å²) in [5.74, 6) is 2.04. The Hall–Kier alpha value is -1.83. The van der Waals surface area contributed by atoms with Gasteiger partial charge in [0.05, 0.1) is 13.7 Å². The van der Waals surface area contributed by atoms with Gasteiger partial charge in [-0.3, -0.25) is 4.99 Å². The number of halogens is 1. The lowest BCUT2D eigenvalue weighted by Gasteiger charge is -2.29. The molecule has 6 heteroatoms. The molecule has 3 N–H and O–H groups in total. The van der Waals surface area contributed by atoms with E-state index in [0.717, 1.165) is 18.6 Å². The van der Waals surface area contributed by atoms with E-state index in [9.17, 15) is 0 Å². The summed E-state index contributed by atoms with van der Waals surface area (Å²) in [6.07, 6.45) is 6.35. The van der Waals surface area contributed by atoms with E-state index in [1.165, 1.54) is 18.4 Å². The highest BCUT2D eigenvalue weighted by molar-refractivity contribution is 14.0. The Bertz CT molecular complexity index is 700. The molecule has 2 aromatic rings. The predicted molar refractivity (Wildman–Crippen MR) is 113 cm³/mol. The summed E-state index contributed by atoms with van der Waals surface area (Å²) in [6, 6.07) is 13.9. The minimum absolute atomic E-state index is 0. The molecule has 3 rings (SSSR count). The van der Waals surface area contributed by atoms with E-state index in [1.807, 2.05) is 30.3 Å². The highest BCUT2D eigenvalue weighted by Crippen LogP contribution is 2.44. The van der Waals surface area contributed by atoms with Crippen LogP contribution in [0.15, 0.2) is 53.7 Å². The van der Waals surface area contributed by atoms with E-state index in [-0.39, 0.29) is 29.4 Å². The Labute approximate surface area is 166 Å². The first-order chi connectivity index (χ1) is 11.7. The third-order valence-corrected chi connectivity index (χ3v) is 4.71. The van der Waals surface area contributed by atoms with Gasteiger partial charge in [-0.1, -0.05) is 37.1 Å². The molecule has 5 nitrogen and oxygen atoms in total. The minimum Gasteiger partial charge on any atom is -0.496 e. The number of nitrogens with one attached hydrogen (secondary N) is 1. The van der Waals surface area contributed by atoms with Crippen LogP contribution in [0.1, 0.15) is 31.2 Å². The molecule has 0 saturated heterocycles. The number of anilines is 1. The van der Waals surface area contributed by atoms with Gasteiger partial charge in [0.25, 0.3) is 0 Å². The number of rotatable bonds is 5. The Kier molecular flexibility index (Phi) is 7.04. The summed E-state index contributed by atoms with van der Waals surface area (Å²) < 4.78 is 5.58. The number of aliphatic imine (C=N–C) groups is 1. The first kappa shape index (κ1) is 19.5. The fourth-order valence-corrected chi connectivity index (χ4v) is 3.49. The van der Waals surface area contributed by atoms with Gasteiger partial charge in [-0.05, 0) is 31.0 Å². The van der Waals surface area contributed by atoms with E-state index in [4.69, 9.17) is 10.5 Å². The van der Waals surface area contributed by atoms with Crippen molar-refractivity contribution in [2.45, 2.75) is 31.1 Å². The van der Waals surface area contributed by atoms with Crippen molar-refractivity contribution in [3.05, 3.63) is 54.2 Å². The quantitative estimate of drug-likeness (QED) is 0.410. The first-order valence-corrected chi connectivity index (χ1v) is 8.35. The number of guanidine groups is 1. The summed E-state index contributed by atoms with van der Waals surface area (Å²) in [6.45, 7) is 0.652. The van der Waals surface area contributed by atoms with Gasteiger partial charge in [0, 0.05) is 17.2 Å². The summed E-state index contributed by atoms with van der Waals surface area (Å²) in [4.78, 5) is 8.82. The summed E-state index contributed by atoms with van der Waals surface area (Å²) in [5.41, 5.74) is 7.30. The van der Waals surface area contributed by atoms with Crippen molar-refractivity contribution >= 4 is 35.8 Å². The third kappa shape index (κ3) is 4.62. The van der Waals surface area contributed by atoms with Gasteiger partial charge in [0.1, 0.15) is 11.6 Å². The number of aromatic nitrogens is 1. The van der Waals surface area contributed by atoms with Crippen molar-refractivity contribution in [3.8, 4) is 5.75 Å². The molecule has 1 fully saturated rings. The van der Waals surface area contributed by atoms with Gasteiger partial charge in [-0.15, -0.1) is 24.0 Å². The molecule has 0 amide bonds. The third-order valence-electron chi connectivity index (χ3n) is 4.71. The second kappa shape index (κ2) is 9.03. The van der Waals surface area contributed by atoms with Crippen LogP contribution in [0.2, 0.25) is 0 Å². The van der Waals surface area contributed by atoms with Crippen LogP contribution in [-0.2, 0) is 5.41 Å². The standard InChI is InChI=1S/C19H24N4O.HI/c1-24-16-9-3-2-8-15(16)19(11-5-6-12-19)14-22-18(20)23-17-10-4-7-13-21-17;/h2-4,7-10,13H,5-6,11-12,14H2,1H3,(H3,20,21,22,23);1H. The largest absolute Gasteiger partial charge is 0.496 e. The van der Waals surface area contributed by atoms with Gasteiger partial charge in [0.2, 0.25) is 0 Å². The van der Waals surface area contributed by atoms with Crippen LogP contribution in [0.4, 0.5) is 5.82 Å². The second-order valence-corrected chi connectivity index (χ2v) is 6.23. The molecule has 0 unspecified atom stereocenters. The number of ether oxygens (including phenoxy) is 1. The second-order valence-electron chi connectivity index (χ2n) is 6.23. The monoisotopic (exact) mass is 452 g/mol. The van der Waals surface area contributed by atoms with E-state index in [1.54, 1.807) is 13.3 Å². The van der Waals surface area contributed by atoms with Crippen molar-refractivity contribution in [3.63, 3.8) is 0 Å². The lowest BCUT2D eigenvalue weighted by molar-refractivity contribution is 0.378. The van der Waals surface area contributed by atoms with Crippen LogP contribution in [-0.4, -0.2) is 24.6 Å². The first-order valence-electron chi connectivity index (χ1n) is 8.35. The van der Waals surface area contributed by atoms with Gasteiger partial charge in [0.15, 0.2) is 5.96 Å². The normalized spacial score (nSPS) is 16.1. The smallest absolute Gasteiger partial charge is 0.194 e. The molecular weight excluding hydrogens is 427 g/mol. The van der Waals surface area contributed by atoms with Gasteiger partial charge in [-0.2, -0.15) is 0 Å². The maximum Gasteiger partial charge on any atom is 0.194 e. The molecule has 1 heterocycles. The molecule has 1 aliphatic rings. The molecule has 1 saturated carbocycles. The SMILES string of the molecule is COc1ccccc1C1(CN=C(N)Nc2ccccn2)CCCC1.I. The van der Waals surface area contributed by atoms with Crippen LogP contribution in [0.5, 0.6) is 5.75 Å². The summed E-state index contributed by atoms with van der Waals surface area (Å²) >= 11 is 0. The van der Waals surface area contributed by atoms with Crippen molar-refractivity contribution < 1.29 is 4.74 Å². The number of hydrogen-bond donors (Lipinski definition) is 2. The molecule has 1 aliphatic carbocycles. The zero-order chi connectivity index (χ0) is 16.8. The molecule has 0 atom stereocenters. The maximum absolute atomic E-state index is 6.06. The molecule has 1 aromatic carbocycles. The van der Waals surface area contributed by atoms with E-state index < -0.39 is 0 Å². The van der Waals surface area contributed by atoms with Crippen molar-refractivity contribution in [2.75, 3.05) is 19.0 Å². The molecule has 0 aliphatic heterocycles. The molecule has 0 spiro atoms. The van der Waals surface area contributed by atoms with Gasteiger partial charge >= 0.3 is 0 Å². The number of nitrogens with two attached hydrogens (primary N) is 1. The average Bonchev–Trinajstić information content (AvgIpc) is 3.11. The molecule has 134 valence electrons. The number of benzene rings is 1. The van der Waals surface area contributed by atoms with Crippen LogP contribution >= 0.6 is 24.0 Å². The van der Waals surface area contributed by atoms with Crippen LogP contribution in [0, 0.1) is 0 Å². The Balaban J connectivity index is 0.00000225. The Morgan fingerprint density at radius 3 is 2.60 bits per heavy atom. The fourth-order valence-electron chi connectivity index (χ4n) is 3.49. The maximum atomic E-state index is 6.06. The highest BCUT2D eigenvalue weighted by Gasteiger charge is 2.37. The van der Waals surface area contributed by atoms with Gasteiger partial charge < -0.3 is 15.8 Å². The molecule has 0 bridgehead atoms. The topological polar surface area (TPSA) is 72.5 Å². The zero-order valence-electron chi connectivity index (χ0n) is 14.4. The van der Waals surface area contributed by atoms with Crippen LogP contribution in [0.25, 0.3) is 0 Å². The van der Waals surface area contributed by atoms with E-state index in [0.29, 0.717) is 18.3 Å².